The lowest BCUT2D eigenvalue weighted by Gasteiger charge is -2.15. The smallest absolute Gasteiger partial charge is 0.405 e. The van der Waals surface area contributed by atoms with E-state index in [1.54, 1.807) is 0 Å². The third kappa shape index (κ3) is 3.69. The van der Waals surface area contributed by atoms with Crippen molar-refractivity contribution in [1.29, 1.82) is 5.26 Å². The van der Waals surface area contributed by atoms with E-state index in [2.05, 4.69) is 9.72 Å². The summed E-state index contributed by atoms with van der Waals surface area (Å²) in [5, 5.41) is 8.43. The fraction of sp³-hybridized carbons (Fsp3) is 0.333. The molecule has 0 spiro atoms. The van der Waals surface area contributed by atoms with E-state index in [0.29, 0.717) is 0 Å². The average molecular weight is 306 g/mol. The minimum atomic E-state index is -5.50. The predicted octanol–water partition coefficient (Wildman–Crippen LogP) is 3.81. The van der Waals surface area contributed by atoms with E-state index in [9.17, 15) is 35.1 Å². The van der Waals surface area contributed by atoms with Gasteiger partial charge in [-0.3, -0.25) is 0 Å². The summed E-state index contributed by atoms with van der Waals surface area (Å²) in [6.07, 6.45) is -14.4. The first-order valence-corrected chi connectivity index (χ1v) is 4.52. The van der Waals surface area contributed by atoms with Gasteiger partial charge in [0, 0.05) is 6.07 Å². The normalized spacial score (nSPS) is 12.4. The lowest BCUT2D eigenvalue weighted by atomic mass is 10.1. The first-order valence-electron chi connectivity index (χ1n) is 4.52. The Morgan fingerprint density at radius 2 is 1.70 bits per heavy atom. The Bertz CT molecular complexity index is 543. The Morgan fingerprint density at radius 3 is 2.05 bits per heavy atom. The Hall–Kier alpha value is -2.12. The molecule has 1 heterocycles. The number of nitrogens with zero attached hydrogens (tertiary/aromatic N) is 2. The van der Waals surface area contributed by atoms with Crippen LogP contribution in [0.1, 0.15) is 23.4 Å². The zero-order valence-electron chi connectivity index (χ0n) is 8.98. The van der Waals surface area contributed by atoms with Crippen LogP contribution in [0.2, 0.25) is 0 Å². The van der Waals surface area contributed by atoms with Crippen LogP contribution >= 0.6 is 0 Å². The SMILES string of the molecule is N#Cc1nc(C(F)(F)F)cc(OC(F)(F)F)c1C(F)F. The predicted molar refractivity (Wildman–Crippen MR) is 45.6 cm³/mol. The summed E-state index contributed by atoms with van der Waals surface area (Å²) in [7, 11) is 0. The molecule has 0 aliphatic heterocycles. The third-order valence-electron chi connectivity index (χ3n) is 1.86. The van der Waals surface area contributed by atoms with Gasteiger partial charge >= 0.3 is 12.5 Å². The maximum atomic E-state index is 12.6. The van der Waals surface area contributed by atoms with Crippen LogP contribution in [0, 0.1) is 11.3 Å². The van der Waals surface area contributed by atoms with E-state index in [1.807, 2.05) is 0 Å². The lowest BCUT2D eigenvalue weighted by Crippen LogP contribution is -2.20. The highest BCUT2D eigenvalue weighted by atomic mass is 19.4. The van der Waals surface area contributed by atoms with E-state index < -0.39 is 41.7 Å². The first-order chi connectivity index (χ1) is 8.95. The summed E-state index contributed by atoms with van der Waals surface area (Å²) in [4.78, 5) is 2.56. The van der Waals surface area contributed by atoms with Crippen molar-refractivity contribution >= 4 is 0 Å². The van der Waals surface area contributed by atoms with Crippen molar-refractivity contribution in [1.82, 2.24) is 4.98 Å². The minimum Gasteiger partial charge on any atom is -0.405 e. The highest BCUT2D eigenvalue weighted by Crippen LogP contribution is 2.38. The van der Waals surface area contributed by atoms with Gasteiger partial charge in [0.2, 0.25) is 0 Å². The molecule has 0 saturated carbocycles. The number of hydrogen-bond acceptors (Lipinski definition) is 3. The zero-order valence-corrected chi connectivity index (χ0v) is 8.98. The molecule has 0 saturated heterocycles. The van der Waals surface area contributed by atoms with E-state index in [0.717, 1.165) is 6.07 Å². The Kier molecular flexibility index (Phi) is 4.07. The van der Waals surface area contributed by atoms with Gasteiger partial charge in [0.15, 0.2) is 5.69 Å². The van der Waals surface area contributed by atoms with Crippen LogP contribution in [0.15, 0.2) is 6.07 Å². The fourth-order valence-electron chi connectivity index (χ4n) is 1.18. The third-order valence-corrected chi connectivity index (χ3v) is 1.86. The van der Waals surface area contributed by atoms with Crippen molar-refractivity contribution in [2.45, 2.75) is 19.0 Å². The summed E-state index contributed by atoms with van der Waals surface area (Å²) < 4.78 is 101. The molecule has 0 N–H and O–H groups in total. The quantitative estimate of drug-likeness (QED) is 0.781. The van der Waals surface area contributed by atoms with Gasteiger partial charge in [-0.15, -0.1) is 13.2 Å². The first kappa shape index (κ1) is 15.9. The lowest BCUT2D eigenvalue weighted by molar-refractivity contribution is -0.275. The summed E-state index contributed by atoms with van der Waals surface area (Å²) in [6.45, 7) is 0. The largest absolute Gasteiger partial charge is 0.573 e. The number of aromatic nitrogens is 1. The second-order valence-electron chi connectivity index (χ2n) is 3.23. The summed E-state index contributed by atoms with van der Waals surface area (Å²) >= 11 is 0. The molecule has 20 heavy (non-hydrogen) atoms. The van der Waals surface area contributed by atoms with Gasteiger partial charge < -0.3 is 4.74 Å². The summed E-state index contributed by atoms with van der Waals surface area (Å²) in [6, 6.07) is 0.540. The molecule has 0 unspecified atom stereocenters. The number of alkyl halides is 8. The number of rotatable bonds is 2. The molecule has 1 aromatic rings. The second kappa shape index (κ2) is 5.10. The molecule has 0 fully saturated rings. The Morgan fingerprint density at radius 1 is 1.15 bits per heavy atom. The topological polar surface area (TPSA) is 45.9 Å². The molecule has 3 nitrogen and oxygen atoms in total. The highest BCUT2D eigenvalue weighted by Gasteiger charge is 2.39. The van der Waals surface area contributed by atoms with Crippen molar-refractivity contribution in [3.8, 4) is 11.8 Å². The van der Waals surface area contributed by atoms with Crippen molar-refractivity contribution < 1.29 is 39.9 Å². The molecule has 0 aromatic carbocycles. The minimum absolute atomic E-state index is 0.337. The standard InChI is InChI=1S/C9H2F8N2O/c10-7(11)6-3(2-18)19-5(8(12,13)14)1-4(6)20-9(15,16)17/h1,7H. The maximum absolute atomic E-state index is 12.6. The summed E-state index contributed by atoms with van der Waals surface area (Å²) in [5.41, 5.74) is -5.09. The second-order valence-corrected chi connectivity index (χ2v) is 3.23. The number of halogens is 8. The maximum Gasteiger partial charge on any atom is 0.573 e. The number of pyridine rings is 1. The summed E-state index contributed by atoms with van der Waals surface area (Å²) in [5.74, 6) is -1.81. The van der Waals surface area contributed by atoms with Gasteiger partial charge in [-0.2, -0.15) is 18.4 Å². The Labute approximate surface area is 105 Å². The molecular weight excluding hydrogens is 304 g/mol. The molecule has 0 atom stereocenters. The molecule has 1 aromatic heterocycles. The van der Waals surface area contributed by atoms with Crippen LogP contribution < -0.4 is 4.74 Å². The Balaban J connectivity index is 3.55. The number of nitriles is 1. The number of ether oxygens (including phenoxy) is 1. The van der Waals surface area contributed by atoms with Crippen LogP contribution in [-0.4, -0.2) is 11.3 Å². The molecule has 1 rings (SSSR count). The van der Waals surface area contributed by atoms with Crippen molar-refractivity contribution in [2.75, 3.05) is 0 Å². The van der Waals surface area contributed by atoms with Gasteiger partial charge in [0.05, 0.1) is 5.56 Å². The van der Waals surface area contributed by atoms with Gasteiger partial charge in [0.1, 0.15) is 17.5 Å². The van der Waals surface area contributed by atoms with Crippen LogP contribution in [0.4, 0.5) is 35.1 Å². The van der Waals surface area contributed by atoms with Gasteiger partial charge in [-0.05, 0) is 0 Å². The van der Waals surface area contributed by atoms with Crippen LogP contribution in [-0.2, 0) is 6.18 Å². The van der Waals surface area contributed by atoms with Crippen LogP contribution in [0.3, 0.4) is 0 Å². The fourth-order valence-corrected chi connectivity index (χ4v) is 1.18. The van der Waals surface area contributed by atoms with Gasteiger partial charge in [-0.1, -0.05) is 0 Å². The average Bonchev–Trinajstić information content (AvgIpc) is 2.23. The van der Waals surface area contributed by atoms with Crippen LogP contribution in [0.25, 0.3) is 0 Å². The number of hydrogen-bond donors (Lipinski definition) is 0. The van der Waals surface area contributed by atoms with E-state index in [-0.39, 0.29) is 6.07 Å². The van der Waals surface area contributed by atoms with Crippen molar-refractivity contribution in [2.24, 2.45) is 0 Å². The van der Waals surface area contributed by atoms with Crippen molar-refractivity contribution in [3.63, 3.8) is 0 Å². The molecule has 0 radical (unpaired) electrons. The van der Waals surface area contributed by atoms with Gasteiger partial charge in [-0.25, -0.2) is 13.8 Å². The molecule has 0 aliphatic rings. The molecule has 0 bridgehead atoms. The highest BCUT2D eigenvalue weighted by molar-refractivity contribution is 5.45. The van der Waals surface area contributed by atoms with Crippen molar-refractivity contribution in [3.05, 3.63) is 23.0 Å². The van der Waals surface area contributed by atoms with E-state index in [4.69, 9.17) is 5.26 Å². The zero-order chi connectivity index (χ0) is 15.7. The van der Waals surface area contributed by atoms with E-state index in [1.165, 1.54) is 0 Å². The molecule has 0 amide bonds. The molecule has 11 heteroatoms. The molecular formula is C9H2F8N2O. The van der Waals surface area contributed by atoms with E-state index >= 15 is 0 Å². The molecule has 110 valence electrons. The van der Waals surface area contributed by atoms with Crippen LogP contribution in [0.5, 0.6) is 5.75 Å². The molecule has 0 aliphatic carbocycles. The monoisotopic (exact) mass is 306 g/mol. The van der Waals surface area contributed by atoms with Gasteiger partial charge in [0.25, 0.3) is 6.43 Å².